The number of aliphatic hydroxyl groups is 1. The molecule has 0 bridgehead atoms. The van der Waals surface area contributed by atoms with Gasteiger partial charge in [0.25, 0.3) is 0 Å². The van der Waals surface area contributed by atoms with Crippen LogP contribution >= 0.6 is 0 Å². The minimum atomic E-state index is -1.31. The lowest BCUT2D eigenvalue weighted by atomic mass is 10.0. The van der Waals surface area contributed by atoms with Crippen molar-refractivity contribution < 1.29 is 14.7 Å². The fourth-order valence-electron chi connectivity index (χ4n) is 1.77. The van der Waals surface area contributed by atoms with E-state index >= 15 is 0 Å². The first-order chi connectivity index (χ1) is 7.50. The summed E-state index contributed by atoms with van der Waals surface area (Å²) in [7, 11) is 0. The molecule has 1 heterocycles. The topological polar surface area (TPSA) is 95.7 Å². The number of urea groups is 1. The van der Waals surface area contributed by atoms with Gasteiger partial charge in [-0.25, -0.2) is 4.79 Å². The molecule has 6 nitrogen and oxygen atoms in total. The van der Waals surface area contributed by atoms with Crippen molar-refractivity contribution in [2.75, 3.05) is 19.6 Å². The summed E-state index contributed by atoms with van der Waals surface area (Å²) in [6.07, 6.45) is 0.812. The molecule has 6 heteroatoms. The molecular formula is C10H19N3O3. The molecule has 1 saturated heterocycles. The Balaban J connectivity index is 2.31. The summed E-state index contributed by atoms with van der Waals surface area (Å²) >= 11 is 0. The zero-order chi connectivity index (χ0) is 12.1. The molecule has 1 aliphatic heterocycles. The summed E-state index contributed by atoms with van der Waals surface area (Å²) in [5.74, 6) is -0.326. The van der Waals surface area contributed by atoms with E-state index < -0.39 is 12.0 Å². The second kappa shape index (κ2) is 5.69. The van der Waals surface area contributed by atoms with Crippen LogP contribution in [0, 0.1) is 5.92 Å². The number of nitrogens with zero attached hydrogens (tertiary/aromatic N) is 1. The van der Waals surface area contributed by atoms with Crippen LogP contribution in [0.5, 0.6) is 0 Å². The number of amides is 3. The lowest BCUT2D eigenvalue weighted by Crippen LogP contribution is -2.48. The van der Waals surface area contributed by atoms with Gasteiger partial charge in [0.05, 0.1) is 6.54 Å². The molecule has 0 saturated carbocycles. The summed E-state index contributed by atoms with van der Waals surface area (Å²) in [4.78, 5) is 23.9. The van der Waals surface area contributed by atoms with Gasteiger partial charge in [0.2, 0.25) is 5.91 Å². The summed E-state index contributed by atoms with van der Waals surface area (Å²) in [5, 5.41) is 11.6. The summed E-state index contributed by atoms with van der Waals surface area (Å²) in [6, 6.07) is -0.244. The molecular weight excluding hydrogens is 210 g/mol. The third-order valence-electron chi connectivity index (χ3n) is 2.72. The van der Waals surface area contributed by atoms with Crippen LogP contribution in [0.3, 0.4) is 0 Å². The zero-order valence-corrected chi connectivity index (χ0v) is 9.48. The molecule has 0 aromatic rings. The van der Waals surface area contributed by atoms with E-state index in [9.17, 15) is 9.59 Å². The van der Waals surface area contributed by atoms with Crippen molar-refractivity contribution in [2.45, 2.75) is 25.9 Å². The van der Waals surface area contributed by atoms with Crippen molar-refractivity contribution in [3.63, 3.8) is 0 Å². The number of piperidine rings is 1. The molecule has 0 aromatic heterocycles. The lowest BCUT2D eigenvalue weighted by Gasteiger charge is -2.31. The third kappa shape index (κ3) is 3.69. The Labute approximate surface area is 94.8 Å². The molecule has 0 spiro atoms. The SMILES string of the molecule is CC1CCCN(C(=O)NCC(O)C(N)=O)C1. The predicted molar refractivity (Wildman–Crippen MR) is 58.6 cm³/mol. The number of hydrogen-bond acceptors (Lipinski definition) is 3. The van der Waals surface area contributed by atoms with Gasteiger partial charge in [-0.1, -0.05) is 6.92 Å². The predicted octanol–water partition coefficient (Wildman–Crippen LogP) is -0.726. The number of nitrogens with one attached hydrogen (secondary N) is 1. The van der Waals surface area contributed by atoms with Crippen LogP contribution in [0.2, 0.25) is 0 Å². The van der Waals surface area contributed by atoms with Gasteiger partial charge in [-0.2, -0.15) is 0 Å². The van der Waals surface area contributed by atoms with E-state index in [0.29, 0.717) is 5.92 Å². The highest BCUT2D eigenvalue weighted by molar-refractivity contribution is 5.80. The highest BCUT2D eigenvalue weighted by Crippen LogP contribution is 2.14. The van der Waals surface area contributed by atoms with Crippen LogP contribution in [0.15, 0.2) is 0 Å². The first-order valence-electron chi connectivity index (χ1n) is 5.51. The van der Waals surface area contributed by atoms with E-state index in [2.05, 4.69) is 12.2 Å². The van der Waals surface area contributed by atoms with Gasteiger partial charge in [0.1, 0.15) is 6.10 Å². The Morgan fingerprint density at radius 1 is 1.62 bits per heavy atom. The van der Waals surface area contributed by atoms with Gasteiger partial charge in [-0.05, 0) is 18.8 Å². The van der Waals surface area contributed by atoms with Crippen LogP contribution < -0.4 is 11.1 Å². The van der Waals surface area contributed by atoms with E-state index in [4.69, 9.17) is 10.8 Å². The van der Waals surface area contributed by atoms with Gasteiger partial charge in [0.15, 0.2) is 0 Å². The number of primary amides is 1. The van der Waals surface area contributed by atoms with E-state index in [1.165, 1.54) is 0 Å². The average Bonchev–Trinajstić information content (AvgIpc) is 2.25. The number of aliphatic hydroxyl groups excluding tert-OH is 1. The Morgan fingerprint density at radius 3 is 2.88 bits per heavy atom. The van der Waals surface area contributed by atoms with Gasteiger partial charge < -0.3 is 21.1 Å². The maximum Gasteiger partial charge on any atom is 0.317 e. The highest BCUT2D eigenvalue weighted by atomic mass is 16.3. The number of hydrogen-bond donors (Lipinski definition) is 3. The van der Waals surface area contributed by atoms with E-state index in [-0.39, 0.29) is 12.6 Å². The molecule has 2 unspecified atom stereocenters. The quantitative estimate of drug-likeness (QED) is 0.595. The van der Waals surface area contributed by atoms with Crippen molar-refractivity contribution >= 4 is 11.9 Å². The largest absolute Gasteiger partial charge is 0.381 e. The molecule has 92 valence electrons. The second-order valence-electron chi connectivity index (χ2n) is 4.30. The Bertz CT molecular complexity index is 270. The van der Waals surface area contributed by atoms with Gasteiger partial charge >= 0.3 is 6.03 Å². The van der Waals surface area contributed by atoms with Crippen LogP contribution in [0.1, 0.15) is 19.8 Å². The zero-order valence-electron chi connectivity index (χ0n) is 9.48. The lowest BCUT2D eigenvalue weighted by molar-refractivity contribution is -0.125. The summed E-state index contributed by atoms with van der Waals surface area (Å²) in [6.45, 7) is 3.41. The molecule has 1 aliphatic rings. The first kappa shape index (κ1) is 12.8. The van der Waals surface area contributed by atoms with Crippen LogP contribution in [0.4, 0.5) is 4.79 Å². The molecule has 0 radical (unpaired) electrons. The van der Waals surface area contributed by atoms with E-state index in [1.54, 1.807) is 4.90 Å². The fraction of sp³-hybridized carbons (Fsp3) is 0.800. The average molecular weight is 229 g/mol. The van der Waals surface area contributed by atoms with Crippen molar-refractivity contribution in [1.29, 1.82) is 0 Å². The summed E-state index contributed by atoms with van der Waals surface area (Å²) in [5.41, 5.74) is 4.87. The smallest absolute Gasteiger partial charge is 0.317 e. The van der Waals surface area contributed by atoms with Crippen molar-refractivity contribution in [1.82, 2.24) is 10.2 Å². The minimum Gasteiger partial charge on any atom is -0.381 e. The highest BCUT2D eigenvalue weighted by Gasteiger charge is 2.21. The molecule has 3 amide bonds. The third-order valence-corrected chi connectivity index (χ3v) is 2.72. The van der Waals surface area contributed by atoms with Crippen molar-refractivity contribution in [2.24, 2.45) is 11.7 Å². The molecule has 4 N–H and O–H groups in total. The second-order valence-corrected chi connectivity index (χ2v) is 4.30. The molecule has 1 rings (SSSR count). The van der Waals surface area contributed by atoms with Crippen LogP contribution in [-0.4, -0.2) is 47.7 Å². The maximum absolute atomic E-state index is 11.6. The number of rotatable bonds is 3. The fourth-order valence-corrected chi connectivity index (χ4v) is 1.77. The molecule has 0 aliphatic carbocycles. The van der Waals surface area contributed by atoms with E-state index in [0.717, 1.165) is 25.9 Å². The number of nitrogens with two attached hydrogens (primary N) is 1. The molecule has 1 fully saturated rings. The van der Waals surface area contributed by atoms with E-state index in [1.807, 2.05) is 0 Å². The maximum atomic E-state index is 11.6. The number of likely N-dealkylation sites (tertiary alicyclic amines) is 1. The van der Waals surface area contributed by atoms with Crippen molar-refractivity contribution in [3.8, 4) is 0 Å². The monoisotopic (exact) mass is 229 g/mol. The van der Waals surface area contributed by atoms with Gasteiger partial charge in [-0.15, -0.1) is 0 Å². The van der Waals surface area contributed by atoms with Crippen molar-refractivity contribution in [3.05, 3.63) is 0 Å². The summed E-state index contributed by atoms with van der Waals surface area (Å²) < 4.78 is 0. The Kier molecular flexibility index (Phi) is 4.54. The van der Waals surface area contributed by atoms with Gasteiger partial charge in [0, 0.05) is 13.1 Å². The molecule has 2 atom stereocenters. The normalized spacial score (nSPS) is 22.6. The number of carbonyl (C=O) groups is 2. The Morgan fingerprint density at radius 2 is 2.31 bits per heavy atom. The van der Waals surface area contributed by atoms with Crippen LogP contribution in [0.25, 0.3) is 0 Å². The standard InChI is InChI=1S/C10H19N3O3/c1-7-3-2-4-13(6-7)10(16)12-5-8(14)9(11)15/h7-8,14H,2-6H2,1H3,(H2,11,15)(H,12,16). The molecule has 0 aromatic carbocycles. The molecule has 16 heavy (non-hydrogen) atoms. The van der Waals surface area contributed by atoms with Gasteiger partial charge in [-0.3, -0.25) is 4.79 Å². The Hall–Kier alpha value is -1.30. The first-order valence-corrected chi connectivity index (χ1v) is 5.51. The number of carbonyl (C=O) groups excluding carboxylic acids is 2. The minimum absolute atomic E-state index is 0.126. The van der Waals surface area contributed by atoms with Crippen LogP contribution in [-0.2, 0) is 4.79 Å².